The summed E-state index contributed by atoms with van der Waals surface area (Å²) in [5.41, 5.74) is 1.69. The van der Waals surface area contributed by atoms with Crippen molar-refractivity contribution in [1.29, 1.82) is 0 Å². The van der Waals surface area contributed by atoms with Gasteiger partial charge in [-0.1, -0.05) is 0 Å². The van der Waals surface area contributed by atoms with E-state index >= 15 is 0 Å². The van der Waals surface area contributed by atoms with E-state index in [9.17, 15) is 9.59 Å². The largest absolute Gasteiger partial charge is 0.349 e. The molecule has 1 atom stereocenters. The van der Waals surface area contributed by atoms with E-state index in [0.717, 1.165) is 10.4 Å². The highest BCUT2D eigenvalue weighted by Gasteiger charge is 2.29. The van der Waals surface area contributed by atoms with Crippen LogP contribution in [0.25, 0.3) is 0 Å². The highest BCUT2D eigenvalue weighted by molar-refractivity contribution is 7.12. The minimum atomic E-state index is -0.0679. The van der Waals surface area contributed by atoms with Gasteiger partial charge in [-0.15, -0.1) is 11.3 Å². The number of carbonyl (C=O) groups excluding carboxylic acids is 2. The molecule has 3 rings (SSSR count). The van der Waals surface area contributed by atoms with Crippen LogP contribution in [-0.2, 0) is 6.54 Å². The Labute approximate surface area is 127 Å². The molecule has 2 amide bonds. The second kappa shape index (κ2) is 5.37. The van der Waals surface area contributed by atoms with Crippen LogP contribution in [0.1, 0.15) is 25.7 Å². The first kappa shape index (κ1) is 13.9. The standard InChI is InChI=1S/C15H17N3O2S/c1-10-5-7-21-13(10)14(19)16-8-11-9-18-6-3-4-12(18)15(20)17(11)2/h3-7,11H,8-9H2,1-2H3,(H,16,19). The van der Waals surface area contributed by atoms with Crippen molar-refractivity contribution in [3.63, 3.8) is 0 Å². The first-order valence-electron chi connectivity index (χ1n) is 6.82. The molecule has 6 heteroatoms. The molecule has 0 saturated carbocycles. The number of aryl methyl sites for hydroxylation is 1. The molecule has 1 N–H and O–H groups in total. The fourth-order valence-electron chi connectivity index (χ4n) is 2.56. The van der Waals surface area contributed by atoms with Crippen LogP contribution in [0.3, 0.4) is 0 Å². The van der Waals surface area contributed by atoms with Crippen LogP contribution < -0.4 is 5.32 Å². The number of likely N-dealkylation sites (N-methyl/N-ethyl adjacent to an activating group) is 1. The summed E-state index contributed by atoms with van der Waals surface area (Å²) < 4.78 is 1.94. The summed E-state index contributed by atoms with van der Waals surface area (Å²) >= 11 is 1.44. The minimum Gasteiger partial charge on any atom is -0.349 e. The van der Waals surface area contributed by atoms with Crippen LogP contribution in [0.15, 0.2) is 29.8 Å². The molecule has 1 aliphatic heterocycles. The Morgan fingerprint density at radius 2 is 2.29 bits per heavy atom. The van der Waals surface area contributed by atoms with Gasteiger partial charge in [0.15, 0.2) is 0 Å². The summed E-state index contributed by atoms with van der Waals surface area (Å²) in [6, 6.07) is 5.60. The van der Waals surface area contributed by atoms with Crippen LogP contribution in [0.5, 0.6) is 0 Å². The topological polar surface area (TPSA) is 54.3 Å². The molecule has 0 spiro atoms. The van der Waals surface area contributed by atoms with Gasteiger partial charge in [-0.3, -0.25) is 9.59 Å². The zero-order chi connectivity index (χ0) is 15.0. The normalized spacial score (nSPS) is 17.7. The number of rotatable bonds is 3. The Hall–Kier alpha value is -2.08. The molecule has 0 saturated heterocycles. The molecule has 110 valence electrons. The smallest absolute Gasteiger partial charge is 0.270 e. The monoisotopic (exact) mass is 303 g/mol. The zero-order valence-electron chi connectivity index (χ0n) is 12.0. The van der Waals surface area contributed by atoms with Crippen molar-refractivity contribution in [2.75, 3.05) is 13.6 Å². The van der Waals surface area contributed by atoms with Gasteiger partial charge in [0, 0.05) is 26.3 Å². The van der Waals surface area contributed by atoms with Gasteiger partial charge in [0.2, 0.25) is 0 Å². The van der Waals surface area contributed by atoms with Crippen LogP contribution in [-0.4, -0.2) is 40.9 Å². The van der Waals surface area contributed by atoms with Gasteiger partial charge in [0.25, 0.3) is 11.8 Å². The van der Waals surface area contributed by atoms with Crippen molar-refractivity contribution < 1.29 is 9.59 Å². The minimum absolute atomic E-state index is 0.00203. The molecular formula is C15H17N3O2S. The van der Waals surface area contributed by atoms with Gasteiger partial charge in [-0.05, 0) is 36.1 Å². The third kappa shape index (κ3) is 2.47. The van der Waals surface area contributed by atoms with Crippen LogP contribution in [0.4, 0.5) is 0 Å². The lowest BCUT2D eigenvalue weighted by molar-refractivity contribution is 0.0645. The highest BCUT2D eigenvalue weighted by atomic mass is 32.1. The van der Waals surface area contributed by atoms with E-state index in [-0.39, 0.29) is 17.9 Å². The molecule has 2 aromatic rings. The summed E-state index contributed by atoms with van der Waals surface area (Å²) in [5.74, 6) is -0.0699. The van der Waals surface area contributed by atoms with Crippen LogP contribution >= 0.6 is 11.3 Å². The molecule has 2 aromatic heterocycles. The SMILES string of the molecule is Cc1ccsc1C(=O)NCC1Cn2cccc2C(=O)N1C. The summed E-state index contributed by atoms with van der Waals surface area (Å²) in [6.45, 7) is 3.08. The zero-order valence-corrected chi connectivity index (χ0v) is 12.8. The number of aromatic nitrogens is 1. The van der Waals surface area contributed by atoms with E-state index in [1.807, 2.05) is 41.3 Å². The highest BCUT2D eigenvalue weighted by Crippen LogP contribution is 2.18. The van der Waals surface area contributed by atoms with E-state index in [4.69, 9.17) is 0 Å². The number of thiophene rings is 1. The Kier molecular flexibility index (Phi) is 3.55. The van der Waals surface area contributed by atoms with E-state index in [0.29, 0.717) is 18.8 Å². The molecule has 0 bridgehead atoms. The first-order chi connectivity index (χ1) is 10.1. The van der Waals surface area contributed by atoms with Gasteiger partial charge < -0.3 is 14.8 Å². The summed E-state index contributed by atoms with van der Waals surface area (Å²) in [6.07, 6.45) is 1.90. The lowest BCUT2D eigenvalue weighted by Gasteiger charge is -2.33. The number of nitrogens with one attached hydrogen (secondary N) is 1. The Balaban J connectivity index is 1.68. The van der Waals surface area contributed by atoms with Gasteiger partial charge >= 0.3 is 0 Å². The van der Waals surface area contributed by atoms with Crippen molar-refractivity contribution in [1.82, 2.24) is 14.8 Å². The van der Waals surface area contributed by atoms with Crippen molar-refractivity contribution in [2.24, 2.45) is 0 Å². The molecule has 21 heavy (non-hydrogen) atoms. The van der Waals surface area contributed by atoms with Gasteiger partial charge in [-0.2, -0.15) is 0 Å². The predicted molar refractivity (Wildman–Crippen MR) is 81.7 cm³/mol. The molecule has 1 unspecified atom stereocenters. The first-order valence-corrected chi connectivity index (χ1v) is 7.70. The fourth-order valence-corrected chi connectivity index (χ4v) is 3.40. The quantitative estimate of drug-likeness (QED) is 0.939. The fraction of sp³-hybridized carbons (Fsp3) is 0.333. The van der Waals surface area contributed by atoms with Crippen molar-refractivity contribution in [2.45, 2.75) is 19.5 Å². The molecule has 0 radical (unpaired) electrons. The third-order valence-electron chi connectivity index (χ3n) is 3.89. The van der Waals surface area contributed by atoms with Gasteiger partial charge in [0.1, 0.15) is 5.69 Å². The van der Waals surface area contributed by atoms with Crippen molar-refractivity contribution >= 4 is 23.2 Å². The number of fused-ring (bicyclic) bond motifs is 1. The van der Waals surface area contributed by atoms with Gasteiger partial charge in [0.05, 0.1) is 10.9 Å². The summed E-state index contributed by atoms with van der Waals surface area (Å²) in [4.78, 5) is 26.8. The number of carbonyl (C=O) groups is 2. The molecule has 1 aliphatic rings. The Morgan fingerprint density at radius 1 is 1.48 bits per heavy atom. The van der Waals surface area contributed by atoms with E-state index in [1.165, 1.54) is 11.3 Å². The molecule has 3 heterocycles. The molecule has 5 nitrogen and oxygen atoms in total. The van der Waals surface area contributed by atoms with Crippen molar-refractivity contribution in [3.05, 3.63) is 45.9 Å². The van der Waals surface area contributed by atoms with Crippen molar-refractivity contribution in [3.8, 4) is 0 Å². The molecule has 0 fully saturated rings. The second-order valence-electron chi connectivity index (χ2n) is 5.26. The number of amides is 2. The van der Waals surface area contributed by atoms with Crippen LogP contribution in [0, 0.1) is 6.92 Å². The lowest BCUT2D eigenvalue weighted by atomic mass is 10.1. The molecule has 0 aliphatic carbocycles. The van der Waals surface area contributed by atoms with E-state index in [2.05, 4.69) is 5.32 Å². The Morgan fingerprint density at radius 3 is 3.00 bits per heavy atom. The Bertz CT molecular complexity index is 689. The number of hydrogen-bond acceptors (Lipinski definition) is 3. The average molecular weight is 303 g/mol. The van der Waals surface area contributed by atoms with E-state index < -0.39 is 0 Å². The van der Waals surface area contributed by atoms with Crippen LogP contribution in [0.2, 0.25) is 0 Å². The van der Waals surface area contributed by atoms with E-state index in [1.54, 1.807) is 11.9 Å². The molecular weight excluding hydrogens is 286 g/mol. The number of nitrogens with zero attached hydrogens (tertiary/aromatic N) is 2. The molecule has 0 aromatic carbocycles. The summed E-state index contributed by atoms with van der Waals surface area (Å²) in [5, 5.41) is 4.84. The second-order valence-corrected chi connectivity index (χ2v) is 6.17. The summed E-state index contributed by atoms with van der Waals surface area (Å²) in [7, 11) is 1.78. The lowest BCUT2D eigenvalue weighted by Crippen LogP contribution is -2.50. The number of hydrogen-bond donors (Lipinski definition) is 1. The maximum Gasteiger partial charge on any atom is 0.270 e. The third-order valence-corrected chi connectivity index (χ3v) is 4.91. The predicted octanol–water partition coefficient (Wildman–Crippen LogP) is 1.74. The van der Waals surface area contributed by atoms with Gasteiger partial charge in [-0.25, -0.2) is 0 Å². The maximum atomic E-state index is 12.2. The average Bonchev–Trinajstić information content (AvgIpc) is 3.09. The maximum absolute atomic E-state index is 12.2.